The van der Waals surface area contributed by atoms with Gasteiger partial charge in [-0.1, -0.05) is 30.3 Å². The van der Waals surface area contributed by atoms with E-state index in [1.165, 1.54) is 11.3 Å². The smallest absolute Gasteiger partial charge is 0.294 e. The normalized spacial score (nSPS) is 16.4. The van der Waals surface area contributed by atoms with Crippen LogP contribution in [0.1, 0.15) is 38.1 Å². The van der Waals surface area contributed by atoms with E-state index in [2.05, 4.69) is 4.98 Å². The minimum Gasteiger partial charge on any atom is -0.503 e. The highest BCUT2D eigenvalue weighted by Crippen LogP contribution is 2.45. The SMILES string of the molecule is Cc1cc(C)cc(N2C(=O)C(O)=C(C(=O)c3cccs3)C2c2c(C)[nH]c3ccccc23)c1. The van der Waals surface area contributed by atoms with Crippen LogP contribution in [0.15, 0.2) is 71.3 Å². The molecule has 0 aliphatic carbocycles. The fourth-order valence-corrected chi connectivity index (χ4v) is 5.34. The van der Waals surface area contributed by atoms with Crippen LogP contribution in [0.2, 0.25) is 0 Å². The molecule has 2 aromatic heterocycles. The molecule has 0 fully saturated rings. The van der Waals surface area contributed by atoms with Crippen molar-refractivity contribution in [3.8, 4) is 0 Å². The predicted molar refractivity (Wildman–Crippen MR) is 127 cm³/mol. The second-order valence-corrected chi connectivity index (χ2v) is 9.15. The number of thiophene rings is 1. The Morgan fingerprint density at radius 2 is 1.75 bits per heavy atom. The number of H-pyrrole nitrogens is 1. The summed E-state index contributed by atoms with van der Waals surface area (Å²) in [5.74, 6) is -1.38. The molecule has 1 aliphatic heterocycles. The van der Waals surface area contributed by atoms with Crippen molar-refractivity contribution in [3.63, 3.8) is 0 Å². The zero-order chi connectivity index (χ0) is 22.6. The summed E-state index contributed by atoms with van der Waals surface area (Å²) in [5, 5.41) is 13.7. The maximum atomic E-state index is 13.5. The third-order valence-corrected chi connectivity index (χ3v) is 6.77. The van der Waals surface area contributed by atoms with Crippen LogP contribution in [0.25, 0.3) is 10.9 Å². The van der Waals surface area contributed by atoms with E-state index in [0.29, 0.717) is 10.6 Å². The van der Waals surface area contributed by atoms with Crippen molar-refractivity contribution in [2.45, 2.75) is 26.8 Å². The van der Waals surface area contributed by atoms with Gasteiger partial charge in [-0.25, -0.2) is 0 Å². The van der Waals surface area contributed by atoms with Crippen molar-refractivity contribution in [1.29, 1.82) is 0 Å². The zero-order valence-corrected chi connectivity index (χ0v) is 18.8. The van der Waals surface area contributed by atoms with Crippen LogP contribution < -0.4 is 4.90 Å². The number of aliphatic hydroxyl groups is 1. The Labute approximate surface area is 189 Å². The average molecular weight is 443 g/mol. The molecule has 4 aromatic rings. The van der Waals surface area contributed by atoms with Gasteiger partial charge < -0.3 is 10.1 Å². The summed E-state index contributed by atoms with van der Waals surface area (Å²) in [6.45, 7) is 5.87. The molecule has 1 aliphatic rings. The van der Waals surface area contributed by atoms with E-state index in [0.717, 1.165) is 33.3 Å². The molecule has 1 atom stereocenters. The monoisotopic (exact) mass is 442 g/mol. The topological polar surface area (TPSA) is 73.4 Å². The third-order valence-electron chi connectivity index (χ3n) is 5.90. The van der Waals surface area contributed by atoms with Crippen LogP contribution in [0, 0.1) is 20.8 Å². The Morgan fingerprint density at radius 3 is 2.44 bits per heavy atom. The Morgan fingerprint density at radius 1 is 1.03 bits per heavy atom. The molecule has 5 nitrogen and oxygen atoms in total. The van der Waals surface area contributed by atoms with Crippen LogP contribution >= 0.6 is 11.3 Å². The first kappa shape index (κ1) is 20.3. The van der Waals surface area contributed by atoms with Gasteiger partial charge in [-0.2, -0.15) is 0 Å². The van der Waals surface area contributed by atoms with Crippen molar-refractivity contribution in [2.75, 3.05) is 4.90 Å². The molecule has 0 spiro atoms. The number of fused-ring (bicyclic) bond motifs is 1. The molecule has 0 saturated heterocycles. The fraction of sp³-hybridized carbons (Fsp3) is 0.154. The van der Waals surface area contributed by atoms with Crippen molar-refractivity contribution >= 4 is 39.6 Å². The molecule has 1 unspecified atom stereocenters. The van der Waals surface area contributed by atoms with Gasteiger partial charge in [-0.3, -0.25) is 14.5 Å². The van der Waals surface area contributed by atoms with Gasteiger partial charge in [0.05, 0.1) is 16.5 Å². The molecule has 0 bridgehead atoms. The van der Waals surface area contributed by atoms with Gasteiger partial charge in [0.2, 0.25) is 5.78 Å². The number of nitrogens with zero attached hydrogens (tertiary/aromatic N) is 1. The molecule has 5 rings (SSSR count). The van der Waals surface area contributed by atoms with E-state index in [1.807, 2.05) is 68.6 Å². The van der Waals surface area contributed by atoms with E-state index in [1.54, 1.807) is 17.0 Å². The third kappa shape index (κ3) is 3.07. The predicted octanol–water partition coefficient (Wildman–Crippen LogP) is 5.94. The fourth-order valence-electron chi connectivity index (χ4n) is 4.66. The largest absolute Gasteiger partial charge is 0.503 e. The summed E-state index contributed by atoms with van der Waals surface area (Å²) in [6.07, 6.45) is 0. The summed E-state index contributed by atoms with van der Waals surface area (Å²) >= 11 is 1.30. The first-order chi connectivity index (χ1) is 15.4. The number of hydrogen-bond acceptors (Lipinski definition) is 4. The Balaban J connectivity index is 1.79. The van der Waals surface area contributed by atoms with Crippen LogP contribution in [-0.2, 0) is 4.79 Å². The molecule has 0 radical (unpaired) electrons. The van der Waals surface area contributed by atoms with E-state index in [-0.39, 0.29) is 11.4 Å². The van der Waals surface area contributed by atoms with Crippen LogP contribution in [0.4, 0.5) is 5.69 Å². The summed E-state index contributed by atoms with van der Waals surface area (Å²) in [6, 6.07) is 16.4. The molecular formula is C26H22N2O3S. The summed E-state index contributed by atoms with van der Waals surface area (Å²) in [7, 11) is 0. The van der Waals surface area contributed by atoms with Crippen molar-refractivity contribution in [1.82, 2.24) is 4.98 Å². The maximum absolute atomic E-state index is 13.5. The van der Waals surface area contributed by atoms with Crippen LogP contribution in [0.5, 0.6) is 0 Å². The van der Waals surface area contributed by atoms with E-state index >= 15 is 0 Å². The maximum Gasteiger partial charge on any atom is 0.294 e. The van der Waals surface area contributed by atoms with Gasteiger partial charge in [0.25, 0.3) is 5.91 Å². The summed E-state index contributed by atoms with van der Waals surface area (Å²) < 4.78 is 0. The minimum atomic E-state index is -0.741. The molecule has 0 saturated carbocycles. The first-order valence-electron chi connectivity index (χ1n) is 10.4. The summed E-state index contributed by atoms with van der Waals surface area (Å²) in [4.78, 5) is 32.4. The summed E-state index contributed by atoms with van der Waals surface area (Å²) in [5.41, 5.74) is 5.36. The number of aryl methyl sites for hydroxylation is 3. The lowest BCUT2D eigenvalue weighted by Crippen LogP contribution is -2.31. The number of rotatable bonds is 4. The number of aliphatic hydroxyl groups excluding tert-OH is 1. The van der Waals surface area contributed by atoms with Crippen LogP contribution in [-0.4, -0.2) is 21.8 Å². The number of anilines is 1. The second kappa shape index (κ2) is 7.50. The van der Waals surface area contributed by atoms with Gasteiger partial charge in [0, 0.05) is 27.8 Å². The zero-order valence-electron chi connectivity index (χ0n) is 18.0. The number of aromatic amines is 1. The Hall–Kier alpha value is -3.64. The number of para-hydroxylation sites is 1. The molecule has 2 aromatic carbocycles. The highest BCUT2D eigenvalue weighted by Gasteiger charge is 2.46. The number of carbonyl (C=O) groups excluding carboxylic acids is 2. The van der Waals surface area contributed by atoms with Crippen molar-refractivity contribution in [2.24, 2.45) is 0 Å². The van der Waals surface area contributed by atoms with Gasteiger partial charge >= 0.3 is 0 Å². The van der Waals surface area contributed by atoms with E-state index in [9.17, 15) is 14.7 Å². The molecule has 160 valence electrons. The number of ketones is 1. The van der Waals surface area contributed by atoms with Gasteiger partial charge in [0.15, 0.2) is 5.76 Å². The lowest BCUT2D eigenvalue weighted by Gasteiger charge is -2.28. The minimum absolute atomic E-state index is 0.115. The molecule has 2 N–H and O–H groups in total. The van der Waals surface area contributed by atoms with Gasteiger partial charge in [-0.15, -0.1) is 11.3 Å². The standard InChI is InChI=1S/C26H22N2O3S/c1-14-11-15(2)13-17(12-14)28-23(21-16(3)27-19-8-5-4-7-18(19)21)22(25(30)26(28)31)24(29)20-9-6-10-32-20/h4-13,23,27,30H,1-3H3. The van der Waals surface area contributed by atoms with Gasteiger partial charge in [0.1, 0.15) is 0 Å². The van der Waals surface area contributed by atoms with Crippen molar-refractivity contribution in [3.05, 3.63) is 98.6 Å². The van der Waals surface area contributed by atoms with E-state index in [4.69, 9.17) is 0 Å². The van der Waals surface area contributed by atoms with E-state index < -0.39 is 17.7 Å². The number of hydrogen-bond donors (Lipinski definition) is 2. The Kier molecular flexibility index (Phi) is 4.75. The second-order valence-electron chi connectivity index (χ2n) is 8.20. The highest BCUT2D eigenvalue weighted by atomic mass is 32.1. The molecule has 32 heavy (non-hydrogen) atoms. The lowest BCUT2D eigenvalue weighted by atomic mass is 9.93. The molecular weight excluding hydrogens is 420 g/mol. The number of nitrogens with one attached hydrogen (secondary N) is 1. The van der Waals surface area contributed by atoms with Gasteiger partial charge in [-0.05, 0) is 61.5 Å². The Bertz CT molecular complexity index is 1390. The van der Waals surface area contributed by atoms with Crippen LogP contribution in [0.3, 0.4) is 0 Å². The molecule has 1 amide bonds. The number of amides is 1. The number of Topliss-reactive ketones (excluding diaryl/α,β-unsaturated/α-hetero) is 1. The first-order valence-corrected chi connectivity index (χ1v) is 11.2. The molecule has 6 heteroatoms. The number of aromatic nitrogens is 1. The number of carbonyl (C=O) groups is 2. The van der Waals surface area contributed by atoms with Crippen molar-refractivity contribution < 1.29 is 14.7 Å². The average Bonchev–Trinajstić information content (AvgIpc) is 3.44. The lowest BCUT2D eigenvalue weighted by molar-refractivity contribution is -0.117. The quantitative estimate of drug-likeness (QED) is 0.384. The number of benzene rings is 2. The highest BCUT2D eigenvalue weighted by molar-refractivity contribution is 7.12. The molecule has 3 heterocycles.